The summed E-state index contributed by atoms with van der Waals surface area (Å²) < 4.78 is 0. The predicted octanol–water partition coefficient (Wildman–Crippen LogP) is 4.35. The normalized spacial score (nSPS) is 14.5. The van der Waals surface area contributed by atoms with Gasteiger partial charge in [0.2, 0.25) is 0 Å². The van der Waals surface area contributed by atoms with Crippen molar-refractivity contribution in [1.82, 2.24) is 4.98 Å². The minimum Gasteiger partial charge on any atom is -0.367 e. The van der Waals surface area contributed by atoms with Crippen molar-refractivity contribution >= 4 is 16.6 Å². The molecule has 1 aliphatic rings. The number of hydrogen-bond acceptors (Lipinski definition) is 1. The van der Waals surface area contributed by atoms with E-state index in [0.717, 1.165) is 19.5 Å². The molecule has 2 nitrogen and oxygen atoms in total. The largest absolute Gasteiger partial charge is 0.367 e. The topological polar surface area (TPSA) is 19.0 Å². The van der Waals surface area contributed by atoms with Gasteiger partial charge in [-0.1, -0.05) is 29.8 Å². The third-order valence-corrected chi connectivity index (χ3v) is 4.55. The summed E-state index contributed by atoms with van der Waals surface area (Å²) in [4.78, 5) is 6.14. The van der Waals surface area contributed by atoms with Crippen LogP contribution in [0.3, 0.4) is 0 Å². The predicted molar refractivity (Wildman–Crippen MR) is 89.0 cm³/mol. The van der Waals surface area contributed by atoms with E-state index in [1.54, 1.807) is 0 Å². The lowest BCUT2D eigenvalue weighted by atomic mass is 10.0. The van der Waals surface area contributed by atoms with E-state index in [4.69, 9.17) is 0 Å². The maximum atomic E-state index is 3.66. The van der Waals surface area contributed by atoms with Crippen LogP contribution in [0, 0.1) is 13.8 Å². The van der Waals surface area contributed by atoms with E-state index in [2.05, 4.69) is 66.2 Å². The number of nitrogens with zero attached hydrogens (tertiary/aromatic N) is 1. The molecule has 0 aliphatic carbocycles. The second-order valence-electron chi connectivity index (χ2n) is 6.09. The zero-order valence-electron chi connectivity index (χ0n) is 12.6. The van der Waals surface area contributed by atoms with E-state index in [1.165, 1.54) is 39.0 Å². The van der Waals surface area contributed by atoms with Crippen LogP contribution in [-0.2, 0) is 13.0 Å². The molecule has 1 aliphatic heterocycles. The zero-order valence-corrected chi connectivity index (χ0v) is 12.6. The molecule has 4 rings (SSSR count). The van der Waals surface area contributed by atoms with E-state index < -0.39 is 0 Å². The minimum absolute atomic E-state index is 1.00. The fourth-order valence-electron chi connectivity index (χ4n) is 3.53. The van der Waals surface area contributed by atoms with Crippen molar-refractivity contribution in [2.24, 2.45) is 0 Å². The van der Waals surface area contributed by atoms with Gasteiger partial charge in [0.1, 0.15) is 0 Å². The van der Waals surface area contributed by atoms with E-state index in [1.807, 2.05) is 0 Å². The molecule has 2 heteroatoms. The van der Waals surface area contributed by atoms with Crippen LogP contribution in [0.15, 0.2) is 42.5 Å². The molecule has 1 N–H and O–H groups in total. The molecule has 0 fully saturated rings. The highest BCUT2D eigenvalue weighted by Crippen LogP contribution is 2.32. The van der Waals surface area contributed by atoms with E-state index >= 15 is 0 Å². The molecule has 2 aromatic carbocycles. The molecule has 0 spiro atoms. The van der Waals surface area contributed by atoms with Gasteiger partial charge in [-0.2, -0.15) is 0 Å². The number of nitrogens with one attached hydrogen (secondary N) is 1. The van der Waals surface area contributed by atoms with Gasteiger partial charge in [-0.25, -0.2) is 0 Å². The van der Waals surface area contributed by atoms with Gasteiger partial charge in [0, 0.05) is 47.4 Å². The molecule has 106 valence electrons. The molecular formula is C19H20N2. The van der Waals surface area contributed by atoms with Crippen molar-refractivity contribution in [3.05, 3.63) is 64.8 Å². The molecule has 0 unspecified atom stereocenters. The van der Waals surface area contributed by atoms with Gasteiger partial charge in [-0.3, -0.25) is 0 Å². The van der Waals surface area contributed by atoms with Crippen molar-refractivity contribution in [2.45, 2.75) is 26.8 Å². The molecular weight excluding hydrogens is 256 g/mol. The second kappa shape index (κ2) is 4.66. The van der Waals surface area contributed by atoms with Crippen LogP contribution in [-0.4, -0.2) is 11.5 Å². The first-order valence-corrected chi connectivity index (χ1v) is 7.63. The Labute approximate surface area is 125 Å². The first kappa shape index (κ1) is 12.5. The monoisotopic (exact) mass is 276 g/mol. The van der Waals surface area contributed by atoms with Gasteiger partial charge in [0.25, 0.3) is 0 Å². The molecule has 0 saturated carbocycles. The highest BCUT2D eigenvalue weighted by molar-refractivity contribution is 5.88. The maximum absolute atomic E-state index is 3.66. The number of hydrogen-bond donors (Lipinski definition) is 1. The quantitative estimate of drug-likeness (QED) is 0.700. The average Bonchev–Trinajstić information content (AvgIpc) is 2.86. The zero-order chi connectivity index (χ0) is 14.4. The Kier molecular flexibility index (Phi) is 2.78. The summed E-state index contributed by atoms with van der Waals surface area (Å²) in [5.41, 5.74) is 8.24. The minimum atomic E-state index is 1.00. The fraction of sp³-hybridized carbons (Fsp3) is 0.263. The van der Waals surface area contributed by atoms with Crippen molar-refractivity contribution in [2.75, 3.05) is 11.4 Å². The van der Waals surface area contributed by atoms with Crippen LogP contribution in [0.25, 0.3) is 10.9 Å². The van der Waals surface area contributed by atoms with Crippen molar-refractivity contribution in [3.63, 3.8) is 0 Å². The Morgan fingerprint density at radius 3 is 2.67 bits per heavy atom. The molecule has 1 aromatic heterocycles. The molecule has 0 atom stereocenters. The van der Waals surface area contributed by atoms with Crippen molar-refractivity contribution < 1.29 is 0 Å². The van der Waals surface area contributed by atoms with Crippen LogP contribution >= 0.6 is 0 Å². The smallest absolute Gasteiger partial charge is 0.0489 e. The van der Waals surface area contributed by atoms with Gasteiger partial charge in [-0.05, 0) is 37.6 Å². The standard InChI is InChI=1S/C19H20N2/c1-13-10-14(2)19-16(11-13)17-12-21(9-8-18(17)20-19)15-6-4-3-5-7-15/h3-7,10-11,20H,8-9,12H2,1-2H3. The van der Waals surface area contributed by atoms with Crippen LogP contribution in [0.5, 0.6) is 0 Å². The summed E-state index contributed by atoms with van der Waals surface area (Å²) in [5, 5.41) is 1.41. The third-order valence-electron chi connectivity index (χ3n) is 4.55. The number of anilines is 1. The second-order valence-corrected chi connectivity index (χ2v) is 6.09. The highest BCUT2D eigenvalue weighted by atomic mass is 15.1. The molecule has 0 radical (unpaired) electrons. The number of aryl methyl sites for hydroxylation is 2. The van der Waals surface area contributed by atoms with Gasteiger partial charge < -0.3 is 9.88 Å². The molecule has 0 amide bonds. The van der Waals surface area contributed by atoms with E-state index in [9.17, 15) is 0 Å². The molecule has 2 heterocycles. The molecule has 0 saturated heterocycles. The Morgan fingerprint density at radius 1 is 1.05 bits per heavy atom. The number of rotatable bonds is 1. The summed E-state index contributed by atoms with van der Waals surface area (Å²) in [6.45, 7) is 6.47. The summed E-state index contributed by atoms with van der Waals surface area (Å²) >= 11 is 0. The van der Waals surface area contributed by atoms with Crippen LogP contribution in [0.2, 0.25) is 0 Å². The Bertz CT molecular complexity index is 799. The SMILES string of the molecule is Cc1cc(C)c2[nH]c3c(c2c1)CN(c1ccccc1)CC3. The lowest BCUT2D eigenvalue weighted by Gasteiger charge is -2.29. The van der Waals surface area contributed by atoms with E-state index in [0.29, 0.717) is 0 Å². The molecule has 21 heavy (non-hydrogen) atoms. The van der Waals surface area contributed by atoms with Crippen LogP contribution in [0.1, 0.15) is 22.4 Å². The highest BCUT2D eigenvalue weighted by Gasteiger charge is 2.21. The molecule has 0 bridgehead atoms. The first-order chi connectivity index (χ1) is 10.2. The van der Waals surface area contributed by atoms with Crippen molar-refractivity contribution in [1.29, 1.82) is 0 Å². The number of H-pyrrole nitrogens is 1. The lowest BCUT2D eigenvalue weighted by Crippen LogP contribution is -2.29. The fourth-order valence-corrected chi connectivity index (χ4v) is 3.53. The number of fused-ring (bicyclic) bond motifs is 3. The Balaban J connectivity index is 1.81. The summed E-state index contributed by atoms with van der Waals surface area (Å²) in [6, 6.07) is 15.3. The number of benzene rings is 2. The number of para-hydroxylation sites is 1. The molecule has 3 aromatic rings. The summed E-state index contributed by atoms with van der Waals surface area (Å²) in [5.74, 6) is 0. The van der Waals surface area contributed by atoms with Crippen LogP contribution in [0.4, 0.5) is 5.69 Å². The third kappa shape index (κ3) is 2.02. The average molecular weight is 276 g/mol. The number of aromatic amines is 1. The van der Waals surface area contributed by atoms with Gasteiger partial charge in [-0.15, -0.1) is 0 Å². The maximum Gasteiger partial charge on any atom is 0.0489 e. The Morgan fingerprint density at radius 2 is 1.86 bits per heavy atom. The van der Waals surface area contributed by atoms with Gasteiger partial charge in [0.15, 0.2) is 0 Å². The first-order valence-electron chi connectivity index (χ1n) is 7.63. The van der Waals surface area contributed by atoms with Crippen LogP contribution < -0.4 is 4.90 Å². The lowest BCUT2D eigenvalue weighted by molar-refractivity contribution is 0.726. The Hall–Kier alpha value is -2.22. The number of aromatic nitrogens is 1. The summed E-state index contributed by atoms with van der Waals surface area (Å²) in [6.07, 6.45) is 1.09. The van der Waals surface area contributed by atoms with Gasteiger partial charge in [0.05, 0.1) is 0 Å². The van der Waals surface area contributed by atoms with Gasteiger partial charge >= 0.3 is 0 Å². The van der Waals surface area contributed by atoms with E-state index in [-0.39, 0.29) is 0 Å². The van der Waals surface area contributed by atoms with Crippen molar-refractivity contribution in [3.8, 4) is 0 Å². The summed E-state index contributed by atoms with van der Waals surface area (Å²) in [7, 11) is 0.